The number of piperidine rings is 1. The monoisotopic (exact) mass is 296 g/mol. The first kappa shape index (κ1) is 14.6. The molecular formula is C15H21ClN2S. The van der Waals surface area contributed by atoms with Gasteiger partial charge < -0.3 is 10.6 Å². The first-order valence-corrected chi connectivity index (χ1v) is 7.54. The van der Waals surface area contributed by atoms with Crippen molar-refractivity contribution in [2.24, 2.45) is 17.6 Å². The van der Waals surface area contributed by atoms with E-state index in [1.165, 1.54) is 6.42 Å². The number of benzene rings is 1. The van der Waals surface area contributed by atoms with Crippen molar-refractivity contribution in [2.45, 2.75) is 33.2 Å². The lowest BCUT2D eigenvalue weighted by atomic mass is 9.85. The molecule has 4 heteroatoms. The molecule has 3 unspecified atom stereocenters. The van der Waals surface area contributed by atoms with Crippen molar-refractivity contribution in [1.82, 2.24) is 0 Å². The number of hydrogen-bond acceptors (Lipinski definition) is 2. The molecule has 0 aromatic heterocycles. The minimum atomic E-state index is 0.391. The van der Waals surface area contributed by atoms with Gasteiger partial charge in [0.15, 0.2) is 0 Å². The summed E-state index contributed by atoms with van der Waals surface area (Å²) in [7, 11) is 0. The molecule has 0 spiro atoms. The highest BCUT2D eigenvalue weighted by Gasteiger charge is 2.29. The lowest BCUT2D eigenvalue weighted by Gasteiger charge is -2.43. The molecule has 0 amide bonds. The van der Waals surface area contributed by atoms with Crippen LogP contribution in [0.15, 0.2) is 18.2 Å². The van der Waals surface area contributed by atoms with E-state index in [1.807, 2.05) is 18.2 Å². The van der Waals surface area contributed by atoms with Crippen LogP contribution in [-0.4, -0.2) is 17.6 Å². The SMILES string of the molecule is CC1CC(C)C(C)N(c2ccc(C(N)=S)cc2Cl)C1. The average molecular weight is 297 g/mol. The van der Waals surface area contributed by atoms with E-state index in [2.05, 4.69) is 25.7 Å². The summed E-state index contributed by atoms with van der Waals surface area (Å²) in [5, 5.41) is 0.735. The second kappa shape index (κ2) is 5.68. The van der Waals surface area contributed by atoms with Gasteiger partial charge in [0.25, 0.3) is 0 Å². The Morgan fingerprint density at radius 3 is 2.63 bits per heavy atom. The first-order chi connectivity index (χ1) is 8.90. The highest BCUT2D eigenvalue weighted by Crippen LogP contribution is 2.35. The fraction of sp³-hybridized carbons (Fsp3) is 0.533. The molecule has 1 saturated heterocycles. The zero-order valence-electron chi connectivity index (χ0n) is 11.7. The van der Waals surface area contributed by atoms with Gasteiger partial charge in [0.05, 0.1) is 10.7 Å². The molecule has 0 radical (unpaired) electrons. The van der Waals surface area contributed by atoms with E-state index in [0.29, 0.717) is 22.9 Å². The number of nitrogens with two attached hydrogens (primary N) is 1. The van der Waals surface area contributed by atoms with Crippen molar-refractivity contribution in [1.29, 1.82) is 0 Å². The number of anilines is 1. The largest absolute Gasteiger partial charge is 0.389 e. The van der Waals surface area contributed by atoms with Crippen LogP contribution in [-0.2, 0) is 0 Å². The summed E-state index contributed by atoms with van der Waals surface area (Å²) in [6.45, 7) is 7.93. The lowest BCUT2D eigenvalue weighted by molar-refractivity contribution is 0.297. The van der Waals surface area contributed by atoms with Gasteiger partial charge in [0.2, 0.25) is 0 Å². The Hall–Kier alpha value is -0.800. The Morgan fingerprint density at radius 1 is 1.37 bits per heavy atom. The summed E-state index contributed by atoms with van der Waals surface area (Å²) >= 11 is 11.4. The Kier molecular flexibility index (Phi) is 4.36. The molecular weight excluding hydrogens is 276 g/mol. The van der Waals surface area contributed by atoms with E-state index >= 15 is 0 Å². The molecule has 1 heterocycles. The van der Waals surface area contributed by atoms with E-state index in [9.17, 15) is 0 Å². The Balaban J connectivity index is 2.32. The van der Waals surface area contributed by atoms with E-state index in [-0.39, 0.29) is 0 Å². The molecule has 0 saturated carbocycles. The second-order valence-electron chi connectivity index (χ2n) is 5.74. The van der Waals surface area contributed by atoms with Gasteiger partial charge in [-0.3, -0.25) is 0 Å². The maximum absolute atomic E-state index is 6.41. The molecule has 1 aromatic rings. The third-order valence-electron chi connectivity index (χ3n) is 4.14. The minimum Gasteiger partial charge on any atom is -0.389 e. The van der Waals surface area contributed by atoms with E-state index in [1.54, 1.807) is 0 Å². The first-order valence-electron chi connectivity index (χ1n) is 6.76. The van der Waals surface area contributed by atoms with Gasteiger partial charge in [-0.2, -0.15) is 0 Å². The van der Waals surface area contributed by atoms with Crippen LogP contribution < -0.4 is 10.6 Å². The van der Waals surface area contributed by atoms with Gasteiger partial charge in [-0.25, -0.2) is 0 Å². The van der Waals surface area contributed by atoms with Crippen molar-refractivity contribution in [2.75, 3.05) is 11.4 Å². The van der Waals surface area contributed by atoms with Crippen LogP contribution in [0.25, 0.3) is 0 Å². The third kappa shape index (κ3) is 3.03. The van der Waals surface area contributed by atoms with Crippen molar-refractivity contribution in [3.05, 3.63) is 28.8 Å². The highest BCUT2D eigenvalue weighted by atomic mass is 35.5. The summed E-state index contributed by atoms with van der Waals surface area (Å²) in [6.07, 6.45) is 1.28. The van der Waals surface area contributed by atoms with Gasteiger partial charge in [0.1, 0.15) is 4.99 Å². The van der Waals surface area contributed by atoms with Crippen molar-refractivity contribution in [3.8, 4) is 0 Å². The van der Waals surface area contributed by atoms with Gasteiger partial charge in [-0.05, 0) is 43.4 Å². The highest BCUT2D eigenvalue weighted by molar-refractivity contribution is 7.80. The molecule has 0 aliphatic carbocycles. The van der Waals surface area contributed by atoms with Crippen LogP contribution in [0.4, 0.5) is 5.69 Å². The van der Waals surface area contributed by atoms with Crippen LogP contribution in [0.3, 0.4) is 0 Å². The predicted octanol–water partition coefficient (Wildman–Crippen LogP) is 3.85. The number of halogens is 1. The topological polar surface area (TPSA) is 29.3 Å². The predicted molar refractivity (Wildman–Crippen MR) is 87.1 cm³/mol. The van der Waals surface area contributed by atoms with Crippen molar-refractivity contribution >= 4 is 34.5 Å². The van der Waals surface area contributed by atoms with Crippen LogP contribution in [0, 0.1) is 11.8 Å². The molecule has 104 valence electrons. The Bertz CT molecular complexity index is 489. The standard InChI is InChI=1S/C15H21ClN2S/c1-9-6-10(2)11(3)18(8-9)14-5-4-12(15(17)19)7-13(14)16/h4-5,7,9-11H,6,8H2,1-3H3,(H2,17,19). The number of rotatable bonds is 2. The quantitative estimate of drug-likeness (QED) is 0.841. The van der Waals surface area contributed by atoms with Crippen LogP contribution >= 0.6 is 23.8 Å². The fourth-order valence-corrected chi connectivity index (χ4v) is 3.34. The molecule has 1 aromatic carbocycles. The number of thiocarbonyl (C=S) groups is 1. The van der Waals surface area contributed by atoms with E-state index in [0.717, 1.165) is 22.8 Å². The van der Waals surface area contributed by atoms with Gasteiger partial charge >= 0.3 is 0 Å². The van der Waals surface area contributed by atoms with E-state index < -0.39 is 0 Å². The summed E-state index contributed by atoms with van der Waals surface area (Å²) in [5.41, 5.74) is 7.56. The Morgan fingerprint density at radius 2 is 2.05 bits per heavy atom. The van der Waals surface area contributed by atoms with Crippen LogP contribution in [0.1, 0.15) is 32.8 Å². The molecule has 2 rings (SSSR count). The normalized spacial score (nSPS) is 27.4. The second-order valence-corrected chi connectivity index (χ2v) is 6.59. The molecule has 19 heavy (non-hydrogen) atoms. The minimum absolute atomic E-state index is 0.391. The van der Waals surface area contributed by atoms with Gasteiger partial charge in [-0.1, -0.05) is 37.7 Å². The number of nitrogens with zero attached hydrogens (tertiary/aromatic N) is 1. The molecule has 2 nitrogen and oxygen atoms in total. The van der Waals surface area contributed by atoms with E-state index in [4.69, 9.17) is 29.6 Å². The van der Waals surface area contributed by atoms with Crippen molar-refractivity contribution in [3.63, 3.8) is 0 Å². The molecule has 1 aliphatic rings. The molecule has 0 bridgehead atoms. The summed E-state index contributed by atoms with van der Waals surface area (Å²) in [5.74, 6) is 1.37. The van der Waals surface area contributed by atoms with Crippen LogP contribution in [0.2, 0.25) is 5.02 Å². The third-order valence-corrected chi connectivity index (χ3v) is 4.68. The van der Waals surface area contributed by atoms with Crippen molar-refractivity contribution < 1.29 is 0 Å². The average Bonchev–Trinajstić information content (AvgIpc) is 2.33. The Labute approximate surface area is 125 Å². The molecule has 3 atom stereocenters. The molecule has 2 N–H and O–H groups in total. The number of hydrogen-bond donors (Lipinski definition) is 1. The lowest BCUT2D eigenvalue weighted by Crippen LogP contribution is -2.46. The molecule has 1 fully saturated rings. The summed E-state index contributed by atoms with van der Waals surface area (Å²) < 4.78 is 0. The van der Waals surface area contributed by atoms with Gasteiger partial charge in [0, 0.05) is 18.2 Å². The maximum atomic E-state index is 6.41. The molecule has 1 aliphatic heterocycles. The fourth-order valence-electron chi connectivity index (χ4n) is 2.93. The maximum Gasteiger partial charge on any atom is 0.104 e. The summed E-state index contributed by atoms with van der Waals surface area (Å²) in [4.78, 5) is 2.80. The van der Waals surface area contributed by atoms with Crippen LogP contribution in [0.5, 0.6) is 0 Å². The summed E-state index contributed by atoms with van der Waals surface area (Å²) in [6, 6.07) is 6.37. The van der Waals surface area contributed by atoms with Gasteiger partial charge in [-0.15, -0.1) is 0 Å². The zero-order chi connectivity index (χ0) is 14.2. The zero-order valence-corrected chi connectivity index (χ0v) is 13.3. The smallest absolute Gasteiger partial charge is 0.104 e.